The number of amides is 1. The van der Waals surface area contributed by atoms with Crippen molar-refractivity contribution in [2.24, 2.45) is 0 Å². The first-order valence-corrected chi connectivity index (χ1v) is 3.72. The van der Waals surface area contributed by atoms with Crippen LogP contribution < -0.4 is 5.32 Å². The van der Waals surface area contributed by atoms with E-state index >= 15 is 0 Å². The fourth-order valence-corrected chi connectivity index (χ4v) is 0.575. The Morgan fingerprint density at radius 1 is 1.38 bits per heavy atom. The van der Waals surface area contributed by atoms with Crippen LogP contribution in [0.3, 0.4) is 0 Å². The van der Waals surface area contributed by atoms with Gasteiger partial charge in [0, 0.05) is 13.7 Å². The minimum absolute atomic E-state index is 0.240. The number of hydrogen-bond donors (Lipinski definition) is 2. The van der Waals surface area contributed by atoms with E-state index < -0.39 is 12.6 Å². The monoisotopic (exact) mass is 191 g/mol. The van der Waals surface area contributed by atoms with Crippen molar-refractivity contribution >= 4 is 11.9 Å². The first kappa shape index (κ1) is 11.9. The number of carbonyl (C=O) groups is 2. The van der Waals surface area contributed by atoms with Crippen molar-refractivity contribution in [1.29, 1.82) is 0 Å². The molecule has 0 aliphatic carbocycles. The van der Waals surface area contributed by atoms with Crippen LogP contribution >= 0.6 is 0 Å². The highest BCUT2D eigenvalue weighted by atomic mass is 16.5. The smallest absolute Gasteiger partial charge is 0.329 e. The summed E-state index contributed by atoms with van der Waals surface area (Å²) in [4.78, 5) is 20.8. The lowest BCUT2D eigenvalue weighted by Gasteiger charge is -2.03. The molecule has 0 aliphatic rings. The van der Waals surface area contributed by atoms with Crippen LogP contribution in [0.1, 0.15) is 0 Å². The van der Waals surface area contributed by atoms with Gasteiger partial charge >= 0.3 is 5.97 Å². The van der Waals surface area contributed by atoms with E-state index in [2.05, 4.69) is 14.8 Å². The number of nitrogens with one attached hydrogen (secondary N) is 1. The van der Waals surface area contributed by atoms with E-state index in [-0.39, 0.29) is 12.5 Å². The van der Waals surface area contributed by atoms with Crippen LogP contribution in [0, 0.1) is 0 Å². The van der Waals surface area contributed by atoms with Gasteiger partial charge in [-0.15, -0.1) is 0 Å². The molecule has 76 valence electrons. The molecule has 6 heteroatoms. The molecule has 2 N–H and O–H groups in total. The van der Waals surface area contributed by atoms with E-state index in [9.17, 15) is 9.59 Å². The van der Waals surface area contributed by atoms with Crippen molar-refractivity contribution in [3.05, 3.63) is 0 Å². The van der Waals surface area contributed by atoms with Crippen LogP contribution in [-0.4, -0.2) is 50.5 Å². The molecule has 0 unspecified atom stereocenters. The van der Waals surface area contributed by atoms with Crippen LogP contribution in [-0.2, 0) is 19.1 Å². The number of ether oxygens (including phenoxy) is 2. The van der Waals surface area contributed by atoms with Gasteiger partial charge in [-0.1, -0.05) is 0 Å². The van der Waals surface area contributed by atoms with Crippen LogP contribution in [0.15, 0.2) is 0 Å². The molecule has 0 saturated heterocycles. The number of carbonyl (C=O) groups excluding carboxylic acids is 1. The topological polar surface area (TPSA) is 84.9 Å². The molecule has 0 spiro atoms. The molecule has 0 aliphatic heterocycles. The summed E-state index contributed by atoms with van der Waals surface area (Å²) in [6.07, 6.45) is 0. The Morgan fingerprint density at radius 2 is 2.08 bits per heavy atom. The summed E-state index contributed by atoms with van der Waals surface area (Å²) in [6, 6.07) is 0. The predicted molar refractivity (Wildman–Crippen MR) is 43.3 cm³/mol. The maximum Gasteiger partial charge on any atom is 0.329 e. The first-order valence-electron chi connectivity index (χ1n) is 3.72. The highest BCUT2D eigenvalue weighted by Crippen LogP contribution is 1.75. The molecule has 1 amide bonds. The second kappa shape index (κ2) is 7.51. The lowest BCUT2D eigenvalue weighted by molar-refractivity contribution is -0.143. The van der Waals surface area contributed by atoms with Crippen LogP contribution in [0.2, 0.25) is 0 Å². The lowest BCUT2D eigenvalue weighted by Crippen LogP contribution is -2.31. The second-order valence-electron chi connectivity index (χ2n) is 2.23. The van der Waals surface area contributed by atoms with Gasteiger partial charge in [0.15, 0.2) is 0 Å². The summed E-state index contributed by atoms with van der Waals surface area (Å²) < 4.78 is 9.22. The summed E-state index contributed by atoms with van der Waals surface area (Å²) in [6.45, 7) is 0.115. The van der Waals surface area contributed by atoms with Gasteiger partial charge in [-0.25, -0.2) is 4.79 Å². The van der Waals surface area contributed by atoms with Crippen molar-refractivity contribution in [2.75, 3.05) is 33.5 Å². The zero-order valence-corrected chi connectivity index (χ0v) is 7.41. The molecule has 0 rings (SSSR count). The molecule has 0 fully saturated rings. The molecule has 0 bridgehead atoms. The van der Waals surface area contributed by atoms with Gasteiger partial charge in [-0.2, -0.15) is 0 Å². The number of methoxy groups -OCH3 is 1. The van der Waals surface area contributed by atoms with Crippen LogP contribution in [0.25, 0.3) is 0 Å². The van der Waals surface area contributed by atoms with Gasteiger partial charge in [-0.3, -0.25) is 4.79 Å². The minimum atomic E-state index is -1.09. The van der Waals surface area contributed by atoms with Gasteiger partial charge in [0.25, 0.3) is 0 Å². The third-order valence-corrected chi connectivity index (χ3v) is 1.09. The van der Waals surface area contributed by atoms with Gasteiger partial charge in [0.2, 0.25) is 5.91 Å². The molecular formula is C7H13NO5. The molecule has 0 radical (unpaired) electrons. The number of hydrogen-bond acceptors (Lipinski definition) is 4. The third-order valence-electron chi connectivity index (χ3n) is 1.09. The summed E-state index contributed by atoms with van der Waals surface area (Å²) in [5.41, 5.74) is 0. The fraction of sp³-hybridized carbons (Fsp3) is 0.714. The fourth-order valence-electron chi connectivity index (χ4n) is 0.575. The summed E-state index contributed by atoms with van der Waals surface area (Å²) in [5.74, 6) is -1.44. The van der Waals surface area contributed by atoms with Crippen molar-refractivity contribution < 1.29 is 24.2 Å². The third kappa shape index (κ3) is 8.77. The average Bonchev–Trinajstić information content (AvgIpc) is 2.04. The second-order valence-corrected chi connectivity index (χ2v) is 2.23. The lowest BCUT2D eigenvalue weighted by atomic mass is 10.6. The Labute approximate surface area is 75.8 Å². The number of carboxylic acids is 1. The predicted octanol–water partition coefficient (Wildman–Crippen LogP) is -1.15. The Hall–Kier alpha value is -1.14. The van der Waals surface area contributed by atoms with E-state index in [1.165, 1.54) is 7.11 Å². The molecule has 0 aromatic rings. The Balaban J connectivity index is 3.25. The van der Waals surface area contributed by atoms with E-state index in [0.29, 0.717) is 13.2 Å². The normalized spacial score (nSPS) is 9.62. The molecule has 13 heavy (non-hydrogen) atoms. The maximum absolute atomic E-state index is 10.8. The first-order chi connectivity index (χ1) is 6.16. The van der Waals surface area contributed by atoms with E-state index in [1.807, 2.05) is 0 Å². The molecule has 0 heterocycles. The van der Waals surface area contributed by atoms with Gasteiger partial charge < -0.3 is 19.9 Å². The Kier molecular flexibility index (Phi) is 6.85. The molecular weight excluding hydrogens is 178 g/mol. The highest BCUT2D eigenvalue weighted by molar-refractivity contribution is 5.77. The quantitative estimate of drug-likeness (QED) is 0.496. The van der Waals surface area contributed by atoms with E-state index in [1.54, 1.807) is 0 Å². The number of rotatable bonds is 7. The van der Waals surface area contributed by atoms with E-state index in [4.69, 9.17) is 5.11 Å². The Morgan fingerprint density at radius 3 is 2.62 bits per heavy atom. The van der Waals surface area contributed by atoms with Crippen molar-refractivity contribution in [2.45, 2.75) is 0 Å². The minimum Gasteiger partial charge on any atom is -0.480 e. The van der Waals surface area contributed by atoms with Crippen molar-refractivity contribution in [3.63, 3.8) is 0 Å². The largest absolute Gasteiger partial charge is 0.480 e. The zero-order valence-electron chi connectivity index (χ0n) is 7.41. The summed E-state index contributed by atoms with van der Waals surface area (Å²) >= 11 is 0. The van der Waals surface area contributed by atoms with Crippen molar-refractivity contribution in [1.82, 2.24) is 5.32 Å². The molecule has 0 saturated carbocycles. The van der Waals surface area contributed by atoms with Crippen LogP contribution in [0.5, 0.6) is 0 Å². The molecule has 0 aromatic carbocycles. The average molecular weight is 191 g/mol. The van der Waals surface area contributed by atoms with Gasteiger partial charge in [-0.05, 0) is 0 Å². The molecule has 0 aromatic heterocycles. The van der Waals surface area contributed by atoms with Crippen molar-refractivity contribution in [3.8, 4) is 0 Å². The molecule has 6 nitrogen and oxygen atoms in total. The maximum atomic E-state index is 10.8. The zero-order chi connectivity index (χ0) is 10.1. The Bertz CT molecular complexity index is 170. The number of carboxylic acid groups (broad SMARTS) is 1. The number of aliphatic carboxylic acids is 1. The van der Waals surface area contributed by atoms with Gasteiger partial charge in [0.05, 0.1) is 6.61 Å². The van der Waals surface area contributed by atoms with Crippen LogP contribution in [0.4, 0.5) is 0 Å². The summed E-state index contributed by atoms with van der Waals surface area (Å²) in [7, 11) is 1.52. The molecule has 0 atom stereocenters. The van der Waals surface area contributed by atoms with Gasteiger partial charge in [0.1, 0.15) is 13.2 Å². The SMILES string of the molecule is COCCNC(=O)COCC(=O)O. The summed E-state index contributed by atoms with van der Waals surface area (Å²) in [5, 5.41) is 10.6. The standard InChI is InChI=1S/C7H13NO5/c1-12-3-2-8-6(9)4-13-5-7(10)11/h2-5H2,1H3,(H,8,9)(H,10,11). The van der Waals surface area contributed by atoms with E-state index in [0.717, 1.165) is 0 Å². The highest BCUT2D eigenvalue weighted by Gasteiger charge is 2.02.